The molecule has 0 spiro atoms. The predicted molar refractivity (Wildman–Crippen MR) is 123 cm³/mol. The zero-order chi connectivity index (χ0) is 20.7. The van der Waals surface area contributed by atoms with Gasteiger partial charge in [-0.25, -0.2) is 4.68 Å². The van der Waals surface area contributed by atoms with Crippen LogP contribution in [0.2, 0.25) is 0 Å². The second-order valence-electron chi connectivity index (χ2n) is 8.19. The van der Waals surface area contributed by atoms with Gasteiger partial charge in [0.25, 0.3) is 0 Å². The number of aromatic nitrogens is 2. The molecular weight excluding hydrogens is 352 g/mol. The molecule has 0 aliphatic heterocycles. The van der Waals surface area contributed by atoms with Gasteiger partial charge in [0.1, 0.15) is 0 Å². The summed E-state index contributed by atoms with van der Waals surface area (Å²) >= 11 is 0. The second kappa shape index (κ2) is 7.36. The van der Waals surface area contributed by atoms with Crippen LogP contribution in [0.1, 0.15) is 33.4 Å². The minimum absolute atomic E-state index is 1.000. The van der Waals surface area contributed by atoms with Crippen molar-refractivity contribution in [3.8, 4) is 28.2 Å². The summed E-state index contributed by atoms with van der Waals surface area (Å²) in [5.41, 5.74) is 13.3. The third kappa shape index (κ3) is 3.63. The lowest BCUT2D eigenvalue weighted by molar-refractivity contribution is 0.889. The first-order valence-electron chi connectivity index (χ1n) is 10.2. The molecule has 0 N–H and O–H groups in total. The lowest BCUT2D eigenvalue weighted by atomic mass is 10.0. The van der Waals surface area contributed by atoms with Gasteiger partial charge in [0.05, 0.1) is 17.1 Å². The van der Waals surface area contributed by atoms with Crippen LogP contribution >= 0.6 is 0 Å². The fourth-order valence-corrected chi connectivity index (χ4v) is 3.58. The first kappa shape index (κ1) is 19.2. The van der Waals surface area contributed by atoms with Crippen LogP contribution in [0.4, 0.5) is 0 Å². The molecule has 0 aliphatic rings. The first-order valence-corrected chi connectivity index (χ1v) is 10.2. The summed E-state index contributed by atoms with van der Waals surface area (Å²) in [5, 5.41) is 5.04. The van der Waals surface area contributed by atoms with Crippen LogP contribution in [0.5, 0.6) is 0 Å². The first-order chi connectivity index (χ1) is 13.8. The molecule has 0 aliphatic carbocycles. The maximum absolute atomic E-state index is 5.04. The van der Waals surface area contributed by atoms with Gasteiger partial charge in [-0.1, -0.05) is 30.3 Å². The zero-order valence-electron chi connectivity index (χ0n) is 18.2. The van der Waals surface area contributed by atoms with E-state index < -0.39 is 0 Å². The lowest BCUT2D eigenvalue weighted by Crippen LogP contribution is -2.00. The Labute approximate surface area is 173 Å². The van der Waals surface area contributed by atoms with Gasteiger partial charge in [-0.2, -0.15) is 5.10 Å². The Bertz CT molecular complexity index is 1140. The minimum Gasteiger partial charge on any atom is -0.232 e. The fourth-order valence-electron chi connectivity index (χ4n) is 3.58. The van der Waals surface area contributed by atoms with E-state index in [9.17, 15) is 0 Å². The highest BCUT2D eigenvalue weighted by molar-refractivity contribution is 5.72. The predicted octanol–water partition coefficient (Wildman–Crippen LogP) is 7.06. The summed E-state index contributed by atoms with van der Waals surface area (Å²) in [5.74, 6) is 0. The van der Waals surface area contributed by atoms with Crippen molar-refractivity contribution in [2.45, 2.75) is 41.5 Å². The molecule has 2 heteroatoms. The Kier molecular flexibility index (Phi) is 4.87. The summed E-state index contributed by atoms with van der Waals surface area (Å²) in [7, 11) is 0. The number of hydrogen-bond acceptors (Lipinski definition) is 1. The normalized spacial score (nSPS) is 11.1. The second-order valence-corrected chi connectivity index (χ2v) is 8.19. The lowest BCUT2D eigenvalue weighted by Gasteiger charge is -2.11. The SMILES string of the molecule is Cc1ccc(-c2cc(-c3ccc(C)c(C)c3)n(-c3ccc(C)c(C)c3)n2)cc1C. The molecule has 0 unspecified atom stereocenters. The van der Waals surface area contributed by atoms with Crippen molar-refractivity contribution in [2.24, 2.45) is 0 Å². The molecule has 0 amide bonds. The fraction of sp³-hybridized carbons (Fsp3) is 0.222. The largest absolute Gasteiger partial charge is 0.232 e. The number of hydrogen-bond donors (Lipinski definition) is 0. The number of nitrogens with zero attached hydrogens (tertiary/aromatic N) is 2. The minimum atomic E-state index is 1.000. The van der Waals surface area contributed by atoms with Crippen LogP contribution in [0.3, 0.4) is 0 Å². The topological polar surface area (TPSA) is 17.8 Å². The van der Waals surface area contributed by atoms with Crippen LogP contribution in [-0.2, 0) is 0 Å². The van der Waals surface area contributed by atoms with Gasteiger partial charge in [0.15, 0.2) is 0 Å². The summed E-state index contributed by atoms with van der Waals surface area (Å²) in [6.45, 7) is 12.9. The van der Waals surface area contributed by atoms with Crippen LogP contribution in [0, 0.1) is 41.5 Å². The molecular formula is C27H28N2. The Balaban J connectivity index is 1.93. The highest BCUT2D eigenvalue weighted by atomic mass is 15.3. The van der Waals surface area contributed by atoms with Crippen LogP contribution in [0.25, 0.3) is 28.2 Å². The number of aryl methyl sites for hydroxylation is 6. The Morgan fingerprint density at radius 3 is 1.62 bits per heavy atom. The van der Waals surface area contributed by atoms with E-state index in [0.29, 0.717) is 0 Å². The molecule has 0 atom stereocenters. The molecule has 0 fully saturated rings. The molecule has 0 bridgehead atoms. The molecule has 4 rings (SSSR count). The van der Waals surface area contributed by atoms with E-state index >= 15 is 0 Å². The molecule has 29 heavy (non-hydrogen) atoms. The molecule has 0 radical (unpaired) electrons. The Morgan fingerprint density at radius 1 is 0.517 bits per heavy atom. The van der Waals surface area contributed by atoms with E-state index in [1.54, 1.807) is 0 Å². The van der Waals surface area contributed by atoms with E-state index in [0.717, 1.165) is 22.6 Å². The molecule has 1 aromatic heterocycles. The third-order valence-corrected chi connectivity index (χ3v) is 6.05. The number of rotatable bonds is 3. The summed E-state index contributed by atoms with van der Waals surface area (Å²) in [6.07, 6.45) is 0. The van der Waals surface area contributed by atoms with E-state index in [4.69, 9.17) is 5.10 Å². The van der Waals surface area contributed by atoms with E-state index in [2.05, 4.69) is 107 Å². The van der Waals surface area contributed by atoms with Gasteiger partial charge in [-0.3, -0.25) is 0 Å². The van der Waals surface area contributed by atoms with Crippen molar-refractivity contribution >= 4 is 0 Å². The standard InChI is InChI=1S/C27H28N2/c1-17-7-10-23(13-20(17)4)26-16-27(24-11-8-18(2)21(5)14-24)29(28-26)25-12-9-19(3)22(6)15-25/h7-16H,1-6H3. The Hall–Kier alpha value is -3.13. The van der Waals surface area contributed by atoms with Crippen LogP contribution in [-0.4, -0.2) is 9.78 Å². The zero-order valence-corrected chi connectivity index (χ0v) is 18.2. The van der Waals surface area contributed by atoms with Gasteiger partial charge in [-0.05, 0) is 105 Å². The average Bonchev–Trinajstić information content (AvgIpc) is 3.14. The van der Waals surface area contributed by atoms with Crippen LogP contribution < -0.4 is 0 Å². The monoisotopic (exact) mass is 380 g/mol. The van der Waals surface area contributed by atoms with E-state index in [-0.39, 0.29) is 0 Å². The van der Waals surface area contributed by atoms with Crippen molar-refractivity contribution in [3.05, 3.63) is 94.0 Å². The third-order valence-electron chi connectivity index (χ3n) is 6.05. The van der Waals surface area contributed by atoms with Crippen molar-refractivity contribution in [1.82, 2.24) is 9.78 Å². The number of benzene rings is 3. The highest BCUT2D eigenvalue weighted by Gasteiger charge is 2.14. The van der Waals surface area contributed by atoms with Crippen LogP contribution in [0.15, 0.2) is 60.7 Å². The molecule has 146 valence electrons. The van der Waals surface area contributed by atoms with Gasteiger partial charge >= 0.3 is 0 Å². The average molecular weight is 381 g/mol. The summed E-state index contributed by atoms with van der Waals surface area (Å²) in [6, 6.07) is 22.0. The molecule has 0 saturated carbocycles. The van der Waals surface area contributed by atoms with Crippen molar-refractivity contribution in [2.75, 3.05) is 0 Å². The maximum Gasteiger partial charge on any atom is 0.0934 e. The smallest absolute Gasteiger partial charge is 0.0934 e. The van der Waals surface area contributed by atoms with Gasteiger partial charge in [-0.15, -0.1) is 0 Å². The van der Waals surface area contributed by atoms with Crippen molar-refractivity contribution in [3.63, 3.8) is 0 Å². The molecule has 0 saturated heterocycles. The Morgan fingerprint density at radius 2 is 1.03 bits per heavy atom. The van der Waals surface area contributed by atoms with Gasteiger partial charge in [0, 0.05) is 11.1 Å². The quantitative estimate of drug-likeness (QED) is 0.372. The van der Waals surface area contributed by atoms with E-state index in [1.165, 1.54) is 38.9 Å². The summed E-state index contributed by atoms with van der Waals surface area (Å²) in [4.78, 5) is 0. The van der Waals surface area contributed by atoms with Gasteiger partial charge < -0.3 is 0 Å². The maximum atomic E-state index is 5.04. The molecule has 1 heterocycles. The van der Waals surface area contributed by atoms with Crippen molar-refractivity contribution in [1.29, 1.82) is 0 Å². The van der Waals surface area contributed by atoms with E-state index in [1.807, 2.05) is 0 Å². The molecule has 3 aromatic carbocycles. The highest BCUT2D eigenvalue weighted by Crippen LogP contribution is 2.31. The molecule has 2 nitrogen and oxygen atoms in total. The van der Waals surface area contributed by atoms with Crippen molar-refractivity contribution < 1.29 is 0 Å². The molecule has 4 aromatic rings. The summed E-state index contributed by atoms with van der Waals surface area (Å²) < 4.78 is 2.08. The van der Waals surface area contributed by atoms with Gasteiger partial charge in [0.2, 0.25) is 0 Å².